The molecule has 2 fully saturated rings. The van der Waals surface area contributed by atoms with Gasteiger partial charge in [0.15, 0.2) is 15.6 Å². The van der Waals surface area contributed by atoms with Crippen molar-refractivity contribution in [2.75, 3.05) is 18.1 Å². The number of aryl methyl sites for hydroxylation is 1. The molecule has 3 heterocycles. The average Bonchev–Trinajstić information content (AvgIpc) is 2.96. The molecule has 0 saturated carbocycles. The van der Waals surface area contributed by atoms with E-state index in [1.54, 1.807) is 13.0 Å². The maximum absolute atomic E-state index is 12.8. The van der Waals surface area contributed by atoms with Gasteiger partial charge < -0.3 is 15.0 Å². The lowest BCUT2D eigenvalue weighted by Crippen LogP contribution is -2.51. The van der Waals surface area contributed by atoms with Crippen LogP contribution in [0.5, 0.6) is 5.75 Å². The van der Waals surface area contributed by atoms with Gasteiger partial charge in [0.1, 0.15) is 17.4 Å². The number of hydrogen-bond acceptors (Lipinski definition) is 6. The van der Waals surface area contributed by atoms with E-state index in [-0.39, 0.29) is 41.9 Å². The lowest BCUT2D eigenvalue weighted by molar-refractivity contribution is -0.139. The van der Waals surface area contributed by atoms with Crippen molar-refractivity contribution in [2.45, 2.75) is 63.6 Å². The van der Waals surface area contributed by atoms with Crippen molar-refractivity contribution in [1.82, 2.24) is 10.2 Å². The normalized spacial score (nSPS) is 28.6. The van der Waals surface area contributed by atoms with Crippen LogP contribution in [-0.2, 0) is 19.4 Å². The molecule has 4 rings (SSSR count). The number of hydrogen-bond donors (Lipinski definition) is 1. The van der Waals surface area contributed by atoms with Gasteiger partial charge in [0.2, 0.25) is 11.8 Å². The maximum Gasteiger partial charge on any atom is 0.242 e. The predicted octanol–water partition coefficient (Wildman–Crippen LogP) is 1.40. The van der Waals surface area contributed by atoms with Crippen LogP contribution in [0.1, 0.15) is 54.9 Å². The van der Waals surface area contributed by atoms with E-state index in [1.807, 2.05) is 19.1 Å². The topological polar surface area (TPSA) is 110 Å². The number of rotatable bonds is 3. The zero-order valence-electron chi connectivity index (χ0n) is 17.8. The smallest absolute Gasteiger partial charge is 0.242 e. The third-order valence-corrected chi connectivity index (χ3v) is 8.36. The molecule has 8 nitrogen and oxygen atoms in total. The van der Waals surface area contributed by atoms with Crippen LogP contribution in [0.25, 0.3) is 0 Å². The number of ether oxygens (including phenoxy) is 1. The van der Waals surface area contributed by atoms with E-state index >= 15 is 0 Å². The van der Waals surface area contributed by atoms with Gasteiger partial charge in [-0.1, -0.05) is 11.6 Å². The van der Waals surface area contributed by atoms with Crippen molar-refractivity contribution in [3.8, 4) is 5.75 Å². The van der Waals surface area contributed by atoms with Gasteiger partial charge in [0, 0.05) is 25.4 Å². The summed E-state index contributed by atoms with van der Waals surface area (Å²) < 4.78 is 29.5. The summed E-state index contributed by atoms with van der Waals surface area (Å²) in [5.41, 5.74) is 0.820. The molecule has 1 spiro atoms. The quantitative estimate of drug-likeness (QED) is 0.749. The molecule has 0 aliphatic carbocycles. The van der Waals surface area contributed by atoms with Crippen LogP contribution in [0, 0.1) is 6.92 Å². The van der Waals surface area contributed by atoms with Crippen molar-refractivity contribution < 1.29 is 27.5 Å². The number of benzene rings is 1. The molecule has 1 aromatic rings. The van der Waals surface area contributed by atoms with Crippen LogP contribution in [0.15, 0.2) is 18.2 Å². The number of sulfone groups is 1. The van der Waals surface area contributed by atoms with Crippen molar-refractivity contribution >= 4 is 27.4 Å². The monoisotopic (exact) mass is 448 g/mol. The van der Waals surface area contributed by atoms with E-state index in [4.69, 9.17) is 4.74 Å². The Labute approximate surface area is 182 Å². The molecule has 3 atom stereocenters. The molecule has 1 N–H and O–H groups in total. The highest BCUT2D eigenvalue weighted by Crippen LogP contribution is 2.40. The summed E-state index contributed by atoms with van der Waals surface area (Å²) in [5.74, 6) is 0.0635. The van der Waals surface area contributed by atoms with E-state index < -0.39 is 27.5 Å². The van der Waals surface area contributed by atoms with Gasteiger partial charge in [0.25, 0.3) is 0 Å². The van der Waals surface area contributed by atoms with Gasteiger partial charge in [-0.25, -0.2) is 8.42 Å². The Bertz CT molecular complexity index is 1040. The zero-order valence-corrected chi connectivity index (χ0v) is 18.7. The summed E-state index contributed by atoms with van der Waals surface area (Å²) >= 11 is 0. The first-order valence-corrected chi connectivity index (χ1v) is 12.5. The fourth-order valence-electron chi connectivity index (χ4n) is 4.72. The molecule has 1 aromatic carbocycles. The highest BCUT2D eigenvalue weighted by Gasteiger charge is 2.44. The van der Waals surface area contributed by atoms with E-state index in [0.29, 0.717) is 37.1 Å². The second-order valence-corrected chi connectivity index (χ2v) is 11.2. The molecule has 0 bridgehead atoms. The minimum atomic E-state index is -3.10. The summed E-state index contributed by atoms with van der Waals surface area (Å²) in [5, 5.41) is 2.77. The van der Waals surface area contributed by atoms with Crippen LogP contribution in [0.4, 0.5) is 0 Å². The number of nitrogens with zero attached hydrogens (tertiary/aromatic N) is 1. The molecule has 0 radical (unpaired) electrons. The molecular weight excluding hydrogens is 420 g/mol. The van der Waals surface area contributed by atoms with Crippen molar-refractivity contribution in [1.29, 1.82) is 0 Å². The summed E-state index contributed by atoms with van der Waals surface area (Å²) in [6.45, 7) is 3.87. The number of nitrogens with one attached hydrogen (secondary N) is 1. The largest absolute Gasteiger partial charge is 0.486 e. The summed E-state index contributed by atoms with van der Waals surface area (Å²) in [4.78, 5) is 39.8. The highest BCUT2D eigenvalue weighted by molar-refractivity contribution is 7.91. The first kappa shape index (κ1) is 21.8. The first-order valence-electron chi connectivity index (χ1n) is 10.7. The second kappa shape index (κ2) is 7.93. The van der Waals surface area contributed by atoms with E-state index in [2.05, 4.69) is 5.32 Å². The lowest BCUT2D eigenvalue weighted by Gasteiger charge is -2.37. The predicted molar refractivity (Wildman–Crippen MR) is 114 cm³/mol. The fourth-order valence-corrected chi connectivity index (χ4v) is 6.39. The van der Waals surface area contributed by atoms with Crippen molar-refractivity contribution in [3.05, 3.63) is 29.3 Å². The van der Waals surface area contributed by atoms with Crippen molar-refractivity contribution in [3.63, 3.8) is 0 Å². The molecule has 9 heteroatoms. The van der Waals surface area contributed by atoms with Gasteiger partial charge in [-0.15, -0.1) is 0 Å². The van der Waals surface area contributed by atoms with Crippen LogP contribution in [0.3, 0.4) is 0 Å². The highest BCUT2D eigenvalue weighted by atomic mass is 32.2. The SMILES string of the molecule is Cc1ccc2c(c1)C(=O)C[C@]1(CCC(=O)N([C@H](C)C(=O)N[C@H]3CCS(=O)(=O)C3)CC1)O2. The van der Waals surface area contributed by atoms with Crippen LogP contribution >= 0.6 is 0 Å². The van der Waals surface area contributed by atoms with Crippen LogP contribution < -0.4 is 10.1 Å². The average molecular weight is 449 g/mol. The molecule has 3 aliphatic rings. The number of carbonyl (C=O) groups is 3. The number of Topliss-reactive ketones (excluding diaryl/α,β-unsaturated/α-hetero) is 1. The number of likely N-dealkylation sites (tertiary alicyclic amines) is 1. The molecule has 168 valence electrons. The van der Waals surface area contributed by atoms with Gasteiger partial charge in [-0.05, 0) is 38.8 Å². The van der Waals surface area contributed by atoms with Crippen LogP contribution in [-0.4, -0.2) is 66.7 Å². The summed E-state index contributed by atoms with van der Waals surface area (Å²) in [6.07, 6.45) is 1.66. The number of amides is 2. The van der Waals surface area contributed by atoms with Gasteiger partial charge >= 0.3 is 0 Å². The van der Waals surface area contributed by atoms with Crippen molar-refractivity contribution in [2.24, 2.45) is 0 Å². The summed E-state index contributed by atoms with van der Waals surface area (Å²) in [6, 6.07) is 4.40. The number of fused-ring (bicyclic) bond motifs is 1. The van der Waals surface area contributed by atoms with Gasteiger partial charge in [-0.3, -0.25) is 14.4 Å². The number of carbonyl (C=O) groups excluding carboxylic acids is 3. The third kappa shape index (κ3) is 4.46. The zero-order chi connectivity index (χ0) is 22.4. The molecular formula is C22H28N2O6S. The Balaban J connectivity index is 1.45. The fraction of sp³-hybridized carbons (Fsp3) is 0.591. The minimum Gasteiger partial charge on any atom is -0.486 e. The number of ketones is 1. The molecule has 0 aromatic heterocycles. The Morgan fingerprint density at radius 2 is 2.06 bits per heavy atom. The van der Waals surface area contributed by atoms with Crippen LogP contribution in [0.2, 0.25) is 0 Å². The van der Waals surface area contributed by atoms with E-state index in [9.17, 15) is 22.8 Å². The lowest BCUT2D eigenvalue weighted by atomic mass is 9.84. The Morgan fingerprint density at radius 1 is 1.29 bits per heavy atom. The molecule has 2 amide bonds. The molecule has 3 aliphatic heterocycles. The first-order chi connectivity index (χ1) is 14.6. The Kier molecular flexibility index (Phi) is 5.57. The second-order valence-electron chi connectivity index (χ2n) is 9.01. The van der Waals surface area contributed by atoms with Gasteiger partial charge in [0.05, 0.1) is 23.5 Å². The third-order valence-electron chi connectivity index (χ3n) is 6.59. The van der Waals surface area contributed by atoms with Gasteiger partial charge in [-0.2, -0.15) is 0 Å². The Morgan fingerprint density at radius 3 is 2.77 bits per heavy atom. The molecule has 31 heavy (non-hydrogen) atoms. The molecule has 0 unspecified atom stereocenters. The Hall–Kier alpha value is -2.42. The van der Waals surface area contributed by atoms with E-state index in [0.717, 1.165) is 5.56 Å². The summed E-state index contributed by atoms with van der Waals surface area (Å²) in [7, 11) is -3.10. The minimum absolute atomic E-state index is 0.0130. The van der Waals surface area contributed by atoms with E-state index in [1.165, 1.54) is 4.90 Å². The molecule has 2 saturated heterocycles. The maximum atomic E-state index is 12.8. The standard InChI is InChI=1S/C22H28N2O6S/c1-14-3-4-19-17(11-14)18(25)12-22(30-19)7-5-20(26)24(9-8-22)15(2)21(27)23-16-6-10-31(28,29)13-16/h3-4,11,15-16H,5-10,12-13H2,1-2H3,(H,23,27)/t15-,16+,22-/m1/s1.